The first-order valence-corrected chi connectivity index (χ1v) is 9.04. The molecular weight excluding hydrogens is 470 g/mol. The maximum absolute atomic E-state index is 11.8. The fraction of sp³-hybridized carbons (Fsp3) is 0.118. The summed E-state index contributed by atoms with van der Waals surface area (Å²) in [6.45, 7) is 2.17. The van der Waals surface area contributed by atoms with Crippen molar-refractivity contribution in [2.24, 2.45) is 5.10 Å². The van der Waals surface area contributed by atoms with Gasteiger partial charge >= 0.3 is 11.8 Å². The van der Waals surface area contributed by atoms with Crippen molar-refractivity contribution in [1.82, 2.24) is 5.43 Å². The number of rotatable bonds is 5. The first kappa shape index (κ1) is 19.9. The number of carbonyl (C=O) groups excluding carboxylic acids is 2. The standard InChI is InChI=1S/C17H15Br2N3O4/c1-2-26-14-8-10(7-13(19)15(14)23)9-20-22-17(25)16(24)21-12-5-3-11(18)4-6-12/h3-9,23H,2H2,1H3,(H,21,24)(H,22,25)/b20-9+. The highest BCUT2D eigenvalue weighted by Gasteiger charge is 2.13. The first-order valence-electron chi connectivity index (χ1n) is 7.46. The van der Waals surface area contributed by atoms with Crippen molar-refractivity contribution in [2.75, 3.05) is 11.9 Å². The molecule has 2 aromatic carbocycles. The van der Waals surface area contributed by atoms with Gasteiger partial charge in [0.1, 0.15) is 0 Å². The average Bonchev–Trinajstić information content (AvgIpc) is 2.61. The molecule has 7 nitrogen and oxygen atoms in total. The van der Waals surface area contributed by atoms with Crippen LogP contribution in [0.2, 0.25) is 0 Å². The smallest absolute Gasteiger partial charge is 0.329 e. The van der Waals surface area contributed by atoms with Crippen molar-refractivity contribution in [3.05, 3.63) is 50.9 Å². The van der Waals surface area contributed by atoms with Gasteiger partial charge in [0, 0.05) is 10.2 Å². The number of nitrogens with one attached hydrogen (secondary N) is 2. The Balaban J connectivity index is 1.97. The van der Waals surface area contributed by atoms with Crippen molar-refractivity contribution in [3.63, 3.8) is 0 Å². The molecule has 0 atom stereocenters. The molecule has 0 aliphatic carbocycles. The molecule has 2 amide bonds. The Labute approximate surface area is 166 Å². The van der Waals surface area contributed by atoms with E-state index >= 15 is 0 Å². The van der Waals surface area contributed by atoms with Gasteiger partial charge in [-0.2, -0.15) is 5.10 Å². The van der Waals surface area contributed by atoms with Crippen LogP contribution in [-0.4, -0.2) is 29.7 Å². The van der Waals surface area contributed by atoms with Crippen LogP contribution in [0.5, 0.6) is 11.5 Å². The molecule has 26 heavy (non-hydrogen) atoms. The van der Waals surface area contributed by atoms with Gasteiger partial charge in [0.2, 0.25) is 0 Å². The fourth-order valence-corrected chi connectivity index (χ4v) is 2.60. The second-order valence-corrected chi connectivity index (χ2v) is 6.71. The summed E-state index contributed by atoms with van der Waals surface area (Å²) < 4.78 is 6.58. The monoisotopic (exact) mass is 483 g/mol. The normalized spacial score (nSPS) is 10.6. The molecule has 0 saturated carbocycles. The van der Waals surface area contributed by atoms with Gasteiger partial charge in [0.15, 0.2) is 11.5 Å². The molecule has 2 rings (SSSR count). The second-order valence-electron chi connectivity index (χ2n) is 4.94. The van der Waals surface area contributed by atoms with E-state index in [2.05, 4.69) is 47.7 Å². The number of phenols is 1. The molecule has 0 saturated heterocycles. The van der Waals surface area contributed by atoms with Crippen LogP contribution in [0.1, 0.15) is 12.5 Å². The van der Waals surface area contributed by atoms with E-state index in [1.807, 2.05) is 0 Å². The van der Waals surface area contributed by atoms with Crippen molar-refractivity contribution in [3.8, 4) is 11.5 Å². The zero-order valence-electron chi connectivity index (χ0n) is 13.6. The SMILES string of the molecule is CCOc1cc(/C=N/NC(=O)C(=O)Nc2ccc(Br)cc2)cc(Br)c1O. The van der Waals surface area contributed by atoms with Crippen molar-refractivity contribution < 1.29 is 19.4 Å². The van der Waals surface area contributed by atoms with E-state index in [4.69, 9.17) is 4.74 Å². The van der Waals surface area contributed by atoms with Crippen LogP contribution in [0, 0.1) is 0 Å². The van der Waals surface area contributed by atoms with Crippen LogP contribution in [0.3, 0.4) is 0 Å². The Morgan fingerprint density at radius 1 is 1.19 bits per heavy atom. The van der Waals surface area contributed by atoms with Gasteiger partial charge in [-0.15, -0.1) is 0 Å². The van der Waals surface area contributed by atoms with E-state index in [-0.39, 0.29) is 11.5 Å². The lowest BCUT2D eigenvalue weighted by atomic mass is 10.2. The number of benzene rings is 2. The molecule has 9 heteroatoms. The molecule has 136 valence electrons. The number of hydrogen-bond donors (Lipinski definition) is 3. The summed E-state index contributed by atoms with van der Waals surface area (Å²) in [7, 11) is 0. The summed E-state index contributed by atoms with van der Waals surface area (Å²) >= 11 is 6.49. The van der Waals surface area contributed by atoms with Crippen LogP contribution in [0.15, 0.2) is 50.4 Å². The first-order chi connectivity index (χ1) is 12.4. The number of anilines is 1. The Hall–Kier alpha value is -2.39. The highest BCUT2D eigenvalue weighted by Crippen LogP contribution is 2.35. The third-order valence-corrected chi connectivity index (χ3v) is 4.17. The molecule has 0 fully saturated rings. The van der Waals surface area contributed by atoms with E-state index in [9.17, 15) is 14.7 Å². The van der Waals surface area contributed by atoms with Crippen LogP contribution in [0.4, 0.5) is 5.69 Å². The predicted octanol–water partition coefficient (Wildman–Crippen LogP) is 3.40. The summed E-state index contributed by atoms with van der Waals surface area (Å²) in [6.07, 6.45) is 1.33. The molecule has 0 bridgehead atoms. The van der Waals surface area contributed by atoms with Gasteiger partial charge < -0.3 is 15.2 Å². The van der Waals surface area contributed by atoms with Crippen LogP contribution < -0.4 is 15.5 Å². The lowest BCUT2D eigenvalue weighted by Gasteiger charge is -2.08. The molecule has 0 unspecified atom stereocenters. The summed E-state index contributed by atoms with van der Waals surface area (Å²) in [5.41, 5.74) is 3.19. The highest BCUT2D eigenvalue weighted by atomic mass is 79.9. The lowest BCUT2D eigenvalue weighted by Crippen LogP contribution is -2.32. The third kappa shape index (κ3) is 5.57. The molecule has 3 N–H and O–H groups in total. The molecular formula is C17H15Br2N3O4. The highest BCUT2D eigenvalue weighted by molar-refractivity contribution is 9.10. The Kier molecular flexibility index (Phi) is 7.16. The van der Waals surface area contributed by atoms with Gasteiger partial charge in [-0.05, 0) is 64.8 Å². The minimum atomic E-state index is -0.910. The summed E-state index contributed by atoms with van der Waals surface area (Å²) in [6, 6.07) is 9.94. The van der Waals surface area contributed by atoms with E-state index in [1.54, 1.807) is 43.3 Å². The molecule has 0 radical (unpaired) electrons. The van der Waals surface area contributed by atoms with Gasteiger partial charge in [-0.1, -0.05) is 15.9 Å². The minimum absolute atomic E-state index is 0.0260. The van der Waals surface area contributed by atoms with E-state index in [0.717, 1.165) is 4.47 Å². The quantitative estimate of drug-likeness (QED) is 0.344. The van der Waals surface area contributed by atoms with E-state index in [0.29, 0.717) is 22.3 Å². The lowest BCUT2D eigenvalue weighted by molar-refractivity contribution is -0.136. The third-order valence-electron chi connectivity index (χ3n) is 3.04. The number of halogens is 2. The van der Waals surface area contributed by atoms with Crippen molar-refractivity contribution in [1.29, 1.82) is 0 Å². The fourth-order valence-electron chi connectivity index (χ4n) is 1.87. The Bertz CT molecular complexity index is 839. The van der Waals surface area contributed by atoms with E-state index < -0.39 is 11.8 Å². The second kappa shape index (κ2) is 9.35. The Morgan fingerprint density at radius 3 is 2.54 bits per heavy atom. The topological polar surface area (TPSA) is 100 Å². The largest absolute Gasteiger partial charge is 0.503 e. The van der Waals surface area contributed by atoms with Crippen molar-refractivity contribution >= 4 is 55.6 Å². The molecule has 0 heterocycles. The molecule has 0 aliphatic rings. The number of carbonyl (C=O) groups is 2. The van der Waals surface area contributed by atoms with Crippen LogP contribution >= 0.6 is 31.9 Å². The summed E-state index contributed by atoms with van der Waals surface area (Å²) in [4.78, 5) is 23.6. The molecule has 0 spiro atoms. The van der Waals surface area contributed by atoms with Crippen LogP contribution in [0.25, 0.3) is 0 Å². The number of hydrazone groups is 1. The van der Waals surface area contributed by atoms with Gasteiger partial charge in [-0.3, -0.25) is 9.59 Å². The molecule has 0 aliphatic heterocycles. The summed E-state index contributed by atoms with van der Waals surface area (Å²) in [5, 5.41) is 16.0. The number of aromatic hydroxyl groups is 1. The average molecular weight is 485 g/mol. The van der Waals surface area contributed by atoms with Crippen LogP contribution in [-0.2, 0) is 9.59 Å². The number of phenolic OH excluding ortho intramolecular Hbond substituents is 1. The predicted molar refractivity (Wildman–Crippen MR) is 105 cm³/mol. The number of hydrogen-bond acceptors (Lipinski definition) is 5. The maximum Gasteiger partial charge on any atom is 0.329 e. The zero-order chi connectivity index (χ0) is 19.1. The van der Waals surface area contributed by atoms with Gasteiger partial charge in [-0.25, -0.2) is 5.43 Å². The minimum Gasteiger partial charge on any atom is -0.503 e. The number of amides is 2. The summed E-state index contributed by atoms with van der Waals surface area (Å²) in [5.74, 6) is -1.50. The zero-order valence-corrected chi connectivity index (χ0v) is 16.8. The van der Waals surface area contributed by atoms with Gasteiger partial charge in [0.05, 0.1) is 17.3 Å². The Morgan fingerprint density at radius 2 is 1.88 bits per heavy atom. The molecule has 2 aromatic rings. The number of nitrogens with zero attached hydrogens (tertiary/aromatic N) is 1. The van der Waals surface area contributed by atoms with Gasteiger partial charge in [0.25, 0.3) is 0 Å². The maximum atomic E-state index is 11.8. The molecule has 0 aromatic heterocycles. The van der Waals surface area contributed by atoms with E-state index in [1.165, 1.54) is 6.21 Å². The number of ether oxygens (including phenoxy) is 1. The van der Waals surface area contributed by atoms with Crippen molar-refractivity contribution in [2.45, 2.75) is 6.92 Å².